The van der Waals surface area contributed by atoms with Crippen molar-refractivity contribution >= 4 is 12.0 Å². The van der Waals surface area contributed by atoms with Gasteiger partial charge in [-0.2, -0.15) is 0 Å². The van der Waals surface area contributed by atoms with Gasteiger partial charge >= 0.3 is 6.09 Å². The van der Waals surface area contributed by atoms with Gasteiger partial charge in [-0.3, -0.25) is 4.79 Å². The maximum atomic E-state index is 13.5. The van der Waals surface area contributed by atoms with E-state index in [4.69, 9.17) is 9.72 Å². The Labute approximate surface area is 181 Å². The summed E-state index contributed by atoms with van der Waals surface area (Å²) in [4.78, 5) is 35.3. The first-order chi connectivity index (χ1) is 15.1. The van der Waals surface area contributed by atoms with Gasteiger partial charge in [-0.1, -0.05) is 60.2 Å². The molecule has 2 N–H and O–H groups in total. The Kier molecular flexibility index (Phi) is 6.02. The van der Waals surface area contributed by atoms with Crippen molar-refractivity contribution in [3.05, 3.63) is 77.7 Å². The number of hydrogen-bond donors (Lipinski definition) is 2. The molecular weight excluding hydrogens is 392 g/mol. The zero-order chi connectivity index (χ0) is 21.8. The van der Waals surface area contributed by atoms with Gasteiger partial charge in [0.25, 0.3) is 5.91 Å². The highest BCUT2D eigenvalue weighted by Gasteiger charge is 2.37. The highest BCUT2D eigenvalue weighted by Crippen LogP contribution is 2.34. The van der Waals surface area contributed by atoms with Crippen LogP contribution in [0.1, 0.15) is 41.9 Å². The largest absolute Gasteiger partial charge is 0.453 e. The van der Waals surface area contributed by atoms with Crippen LogP contribution in [-0.4, -0.2) is 40.5 Å². The molecule has 2 aromatic carbocycles. The minimum Gasteiger partial charge on any atom is -0.453 e. The van der Waals surface area contributed by atoms with E-state index in [2.05, 4.69) is 22.4 Å². The van der Waals surface area contributed by atoms with Crippen LogP contribution in [0.25, 0.3) is 11.3 Å². The summed E-state index contributed by atoms with van der Waals surface area (Å²) in [5, 5.41) is 2.69. The summed E-state index contributed by atoms with van der Waals surface area (Å²) in [7, 11) is 1.29. The number of nitrogens with one attached hydrogen (secondary N) is 2. The molecule has 1 saturated heterocycles. The maximum Gasteiger partial charge on any atom is 0.407 e. The number of likely N-dealkylation sites (tertiary alicyclic amines) is 1. The van der Waals surface area contributed by atoms with Gasteiger partial charge in [0.1, 0.15) is 11.9 Å². The first-order valence-corrected chi connectivity index (χ1v) is 10.4. The fraction of sp³-hybridized carbons (Fsp3) is 0.292. The maximum absolute atomic E-state index is 13.5. The summed E-state index contributed by atoms with van der Waals surface area (Å²) in [5.41, 5.74) is 3.78. The molecule has 0 radical (unpaired) electrons. The summed E-state index contributed by atoms with van der Waals surface area (Å²) in [6.07, 6.45) is 2.92. The number of nitrogens with zero attached hydrogens (tertiary/aromatic N) is 2. The fourth-order valence-corrected chi connectivity index (χ4v) is 3.97. The third-order valence-electron chi connectivity index (χ3n) is 5.62. The van der Waals surface area contributed by atoms with Gasteiger partial charge in [0.15, 0.2) is 0 Å². The zero-order valence-electron chi connectivity index (χ0n) is 17.7. The molecule has 1 fully saturated rings. The fourth-order valence-electron chi connectivity index (χ4n) is 3.97. The van der Waals surface area contributed by atoms with Crippen LogP contribution in [-0.2, 0) is 9.53 Å². The van der Waals surface area contributed by atoms with Crippen molar-refractivity contribution in [2.24, 2.45) is 0 Å². The van der Waals surface area contributed by atoms with E-state index in [1.807, 2.05) is 55.6 Å². The first kappa shape index (κ1) is 20.7. The average molecular weight is 418 g/mol. The van der Waals surface area contributed by atoms with Crippen molar-refractivity contribution in [3.8, 4) is 11.3 Å². The molecule has 7 heteroatoms. The second-order valence-electron chi connectivity index (χ2n) is 7.71. The predicted molar refractivity (Wildman–Crippen MR) is 117 cm³/mol. The molecule has 0 aliphatic carbocycles. The first-order valence-electron chi connectivity index (χ1n) is 10.4. The Morgan fingerprint density at radius 3 is 2.61 bits per heavy atom. The van der Waals surface area contributed by atoms with E-state index in [1.165, 1.54) is 12.7 Å². The predicted octanol–water partition coefficient (Wildman–Crippen LogP) is 4.15. The lowest BCUT2D eigenvalue weighted by Crippen LogP contribution is -2.42. The lowest BCUT2D eigenvalue weighted by atomic mass is 10.1. The normalized spacial score (nSPS) is 16.7. The summed E-state index contributed by atoms with van der Waals surface area (Å²) in [6.45, 7) is 2.66. The van der Waals surface area contributed by atoms with Crippen LogP contribution in [0, 0.1) is 6.92 Å². The molecule has 2 atom stereocenters. The highest BCUT2D eigenvalue weighted by atomic mass is 16.5. The van der Waals surface area contributed by atoms with E-state index >= 15 is 0 Å². The third-order valence-corrected chi connectivity index (χ3v) is 5.62. The van der Waals surface area contributed by atoms with Crippen LogP contribution in [0.4, 0.5) is 4.79 Å². The number of carbonyl (C=O) groups is 2. The molecule has 0 saturated carbocycles. The highest BCUT2D eigenvalue weighted by molar-refractivity contribution is 5.87. The second-order valence-corrected chi connectivity index (χ2v) is 7.71. The van der Waals surface area contributed by atoms with Crippen molar-refractivity contribution in [1.29, 1.82) is 0 Å². The quantitative estimate of drug-likeness (QED) is 0.652. The molecule has 0 bridgehead atoms. The number of benzene rings is 2. The number of aromatic nitrogens is 2. The monoisotopic (exact) mass is 418 g/mol. The summed E-state index contributed by atoms with van der Waals surface area (Å²) < 4.78 is 4.75. The number of imidazole rings is 1. The Bertz CT molecular complexity index is 1050. The van der Waals surface area contributed by atoms with Crippen LogP contribution in [0.15, 0.2) is 60.8 Å². The molecule has 1 aliphatic rings. The van der Waals surface area contributed by atoms with Gasteiger partial charge < -0.3 is 19.9 Å². The van der Waals surface area contributed by atoms with Crippen LogP contribution in [0.3, 0.4) is 0 Å². The van der Waals surface area contributed by atoms with Crippen molar-refractivity contribution < 1.29 is 14.3 Å². The molecule has 1 aliphatic heterocycles. The van der Waals surface area contributed by atoms with E-state index in [-0.39, 0.29) is 11.9 Å². The van der Waals surface area contributed by atoms with Gasteiger partial charge in [0.05, 0.1) is 18.8 Å². The standard InChI is InChI=1S/C24H26N4O3/c1-16-10-12-17(13-11-16)19-15-25-22(26-19)20-9-6-14-28(20)23(29)21(27-24(30)31-2)18-7-4-3-5-8-18/h3-5,7-8,10-13,15,20-21H,6,9,14H2,1-2H3,(H,25,26)(H,27,30)/t20-,21?/m0/s1. The van der Waals surface area contributed by atoms with E-state index in [1.54, 1.807) is 4.90 Å². The number of methoxy groups -OCH3 is 1. The molecule has 160 valence electrons. The average Bonchev–Trinajstić information content (AvgIpc) is 3.47. The van der Waals surface area contributed by atoms with Crippen LogP contribution in [0.5, 0.6) is 0 Å². The number of alkyl carbamates (subject to hydrolysis) is 1. The zero-order valence-corrected chi connectivity index (χ0v) is 17.7. The topological polar surface area (TPSA) is 87.3 Å². The molecular formula is C24H26N4O3. The minimum absolute atomic E-state index is 0.169. The van der Waals surface area contributed by atoms with E-state index in [9.17, 15) is 9.59 Å². The van der Waals surface area contributed by atoms with Crippen molar-refractivity contribution in [2.75, 3.05) is 13.7 Å². The Hall–Kier alpha value is -3.61. The molecule has 7 nitrogen and oxygen atoms in total. The van der Waals surface area contributed by atoms with E-state index in [0.29, 0.717) is 12.1 Å². The molecule has 31 heavy (non-hydrogen) atoms. The molecule has 2 amide bonds. The lowest BCUT2D eigenvalue weighted by molar-refractivity contribution is -0.134. The van der Waals surface area contributed by atoms with Crippen molar-refractivity contribution in [2.45, 2.75) is 31.8 Å². The minimum atomic E-state index is -0.819. The van der Waals surface area contributed by atoms with Gasteiger partial charge in [-0.25, -0.2) is 9.78 Å². The van der Waals surface area contributed by atoms with Crippen molar-refractivity contribution in [3.63, 3.8) is 0 Å². The summed E-state index contributed by atoms with van der Waals surface area (Å²) in [5.74, 6) is 0.582. The number of amides is 2. The van der Waals surface area contributed by atoms with Crippen LogP contribution < -0.4 is 5.32 Å². The van der Waals surface area contributed by atoms with E-state index in [0.717, 1.165) is 29.9 Å². The van der Waals surface area contributed by atoms with Gasteiger partial charge in [-0.05, 0) is 25.3 Å². The molecule has 0 spiro atoms. The lowest BCUT2D eigenvalue weighted by Gasteiger charge is -2.28. The van der Waals surface area contributed by atoms with Gasteiger partial charge in [-0.15, -0.1) is 0 Å². The molecule has 3 aromatic rings. The van der Waals surface area contributed by atoms with Crippen LogP contribution in [0.2, 0.25) is 0 Å². The number of H-pyrrole nitrogens is 1. The number of rotatable bonds is 5. The second kappa shape index (κ2) is 9.04. The smallest absolute Gasteiger partial charge is 0.407 e. The van der Waals surface area contributed by atoms with Crippen molar-refractivity contribution in [1.82, 2.24) is 20.2 Å². The number of carbonyl (C=O) groups excluding carboxylic acids is 2. The van der Waals surface area contributed by atoms with E-state index < -0.39 is 12.1 Å². The Morgan fingerprint density at radius 1 is 1.16 bits per heavy atom. The summed E-state index contributed by atoms with van der Waals surface area (Å²) >= 11 is 0. The Balaban J connectivity index is 1.58. The molecule has 1 unspecified atom stereocenters. The number of ether oxygens (including phenoxy) is 1. The summed E-state index contributed by atoms with van der Waals surface area (Å²) in [6, 6.07) is 16.4. The number of hydrogen-bond acceptors (Lipinski definition) is 4. The third kappa shape index (κ3) is 4.45. The number of aromatic amines is 1. The SMILES string of the molecule is COC(=O)NC(C(=O)N1CCC[C@H]1c1nc(-c2ccc(C)cc2)c[nH]1)c1ccccc1. The molecule has 1 aromatic heterocycles. The number of aryl methyl sites for hydroxylation is 1. The molecule has 4 rings (SSSR count). The van der Waals surface area contributed by atoms with Crippen LogP contribution >= 0.6 is 0 Å². The molecule has 2 heterocycles. The Morgan fingerprint density at radius 2 is 1.90 bits per heavy atom. The van der Waals surface area contributed by atoms with Gasteiger partial charge in [0, 0.05) is 18.3 Å². The van der Waals surface area contributed by atoms with Gasteiger partial charge in [0.2, 0.25) is 0 Å².